The van der Waals surface area contributed by atoms with Gasteiger partial charge in [0.2, 0.25) is 0 Å². The molecule has 1 N–H and O–H groups in total. The van der Waals surface area contributed by atoms with Gasteiger partial charge in [-0.3, -0.25) is 0 Å². The van der Waals surface area contributed by atoms with Crippen molar-refractivity contribution in [1.29, 1.82) is 0 Å². The molecular weight excluding hydrogens is 181 g/mol. The van der Waals surface area contributed by atoms with E-state index < -0.39 is 17.7 Å². The summed E-state index contributed by atoms with van der Waals surface area (Å²) >= 11 is 0. The summed E-state index contributed by atoms with van der Waals surface area (Å²) in [5.74, 6) is -1.37. The summed E-state index contributed by atoms with van der Waals surface area (Å²) in [4.78, 5) is 0. The first-order chi connectivity index (χ1) is 5.87. The maximum atomic E-state index is 12.3. The Morgan fingerprint density at radius 2 is 2.08 bits per heavy atom. The molecule has 1 aliphatic carbocycles. The van der Waals surface area contributed by atoms with Crippen LogP contribution in [0, 0.1) is 5.92 Å². The third kappa shape index (κ3) is 2.46. The zero-order chi connectivity index (χ0) is 10.1. The van der Waals surface area contributed by atoms with Crippen LogP contribution in [0.3, 0.4) is 0 Å². The number of halogens is 3. The summed E-state index contributed by atoms with van der Waals surface area (Å²) < 4.78 is 36.8. The largest absolute Gasteiger partial charge is 0.391 e. The van der Waals surface area contributed by atoms with Crippen molar-refractivity contribution in [3.63, 3.8) is 0 Å². The van der Waals surface area contributed by atoms with Crippen molar-refractivity contribution in [2.24, 2.45) is 5.92 Å². The zero-order valence-corrected chi connectivity index (χ0v) is 7.27. The van der Waals surface area contributed by atoms with Gasteiger partial charge in [0.1, 0.15) is 0 Å². The highest BCUT2D eigenvalue weighted by atomic mass is 19.4. The second kappa shape index (κ2) is 3.33. The predicted molar refractivity (Wildman–Crippen MR) is 43.2 cm³/mol. The molecule has 0 bridgehead atoms. The molecule has 0 heterocycles. The molecule has 0 aromatic rings. The first-order valence-corrected chi connectivity index (χ1v) is 4.30. The number of hydrogen-bond donors (Lipinski definition) is 1. The van der Waals surface area contributed by atoms with Gasteiger partial charge in [0.05, 0.1) is 11.5 Å². The Balaban J connectivity index is 2.67. The maximum Gasteiger partial charge on any atom is 0.391 e. The third-order valence-corrected chi connectivity index (χ3v) is 2.61. The lowest BCUT2D eigenvalue weighted by Crippen LogP contribution is -2.38. The van der Waals surface area contributed by atoms with Gasteiger partial charge in [0, 0.05) is 0 Å². The molecule has 0 amide bonds. The second-order valence-corrected chi connectivity index (χ2v) is 3.64. The van der Waals surface area contributed by atoms with Crippen LogP contribution >= 0.6 is 0 Å². The lowest BCUT2D eigenvalue weighted by molar-refractivity contribution is -0.195. The van der Waals surface area contributed by atoms with Crippen LogP contribution in [0.2, 0.25) is 0 Å². The summed E-state index contributed by atoms with van der Waals surface area (Å²) in [7, 11) is 0. The number of aliphatic hydroxyl groups is 1. The van der Waals surface area contributed by atoms with E-state index in [-0.39, 0.29) is 12.8 Å². The summed E-state index contributed by atoms with van der Waals surface area (Å²) in [6, 6.07) is 0. The quantitative estimate of drug-likeness (QED) is 0.636. The first-order valence-electron chi connectivity index (χ1n) is 4.30. The molecule has 4 heteroatoms. The van der Waals surface area contributed by atoms with Crippen molar-refractivity contribution in [2.75, 3.05) is 0 Å². The highest BCUT2D eigenvalue weighted by molar-refractivity contribution is 5.00. The lowest BCUT2D eigenvalue weighted by atomic mass is 9.78. The Morgan fingerprint density at radius 1 is 1.46 bits per heavy atom. The van der Waals surface area contributed by atoms with E-state index in [9.17, 15) is 18.3 Å². The molecular formula is C9H13F3O. The van der Waals surface area contributed by atoms with Crippen LogP contribution in [0.15, 0.2) is 12.7 Å². The van der Waals surface area contributed by atoms with Crippen molar-refractivity contribution in [3.8, 4) is 0 Å². The highest BCUT2D eigenvalue weighted by Crippen LogP contribution is 2.41. The number of rotatable bonds is 1. The Bertz CT molecular complexity index is 200. The summed E-state index contributed by atoms with van der Waals surface area (Å²) in [5.41, 5.74) is -1.31. The van der Waals surface area contributed by atoms with E-state index in [1.807, 2.05) is 0 Å². The average Bonchev–Trinajstić information content (AvgIpc) is 2.03. The molecule has 1 aliphatic rings. The van der Waals surface area contributed by atoms with Gasteiger partial charge < -0.3 is 5.11 Å². The van der Waals surface area contributed by atoms with Gasteiger partial charge >= 0.3 is 6.18 Å². The molecule has 76 valence electrons. The van der Waals surface area contributed by atoms with Gasteiger partial charge in [-0.05, 0) is 25.7 Å². The molecule has 0 aromatic carbocycles. The minimum atomic E-state index is -4.18. The van der Waals surface area contributed by atoms with Crippen LogP contribution in [0.4, 0.5) is 13.2 Å². The Kier molecular flexibility index (Phi) is 2.71. The SMILES string of the molecule is C=CC1(O)CCCC(C(F)(F)F)C1. The van der Waals surface area contributed by atoms with Crippen LogP contribution in [0.5, 0.6) is 0 Å². The van der Waals surface area contributed by atoms with Gasteiger partial charge in [0.25, 0.3) is 0 Å². The monoisotopic (exact) mass is 194 g/mol. The fourth-order valence-corrected chi connectivity index (χ4v) is 1.75. The van der Waals surface area contributed by atoms with Crippen molar-refractivity contribution in [3.05, 3.63) is 12.7 Å². The fourth-order valence-electron chi connectivity index (χ4n) is 1.75. The summed E-state index contributed by atoms with van der Waals surface area (Å²) in [5, 5.41) is 9.60. The van der Waals surface area contributed by atoms with Gasteiger partial charge in [-0.2, -0.15) is 13.2 Å². The third-order valence-electron chi connectivity index (χ3n) is 2.61. The van der Waals surface area contributed by atoms with Gasteiger partial charge in [0.15, 0.2) is 0 Å². The van der Waals surface area contributed by atoms with E-state index in [4.69, 9.17) is 0 Å². The summed E-state index contributed by atoms with van der Waals surface area (Å²) in [6.45, 7) is 3.36. The van der Waals surface area contributed by atoms with E-state index in [2.05, 4.69) is 6.58 Å². The molecule has 0 spiro atoms. The van der Waals surface area contributed by atoms with Crippen molar-refractivity contribution >= 4 is 0 Å². The van der Waals surface area contributed by atoms with E-state index >= 15 is 0 Å². The molecule has 0 saturated heterocycles. The molecule has 0 radical (unpaired) electrons. The molecule has 13 heavy (non-hydrogen) atoms. The van der Waals surface area contributed by atoms with E-state index in [0.717, 1.165) is 0 Å². The molecule has 0 aromatic heterocycles. The van der Waals surface area contributed by atoms with Gasteiger partial charge in [-0.25, -0.2) is 0 Å². The van der Waals surface area contributed by atoms with Gasteiger partial charge in [-0.15, -0.1) is 6.58 Å². The van der Waals surface area contributed by atoms with Crippen LogP contribution in [-0.4, -0.2) is 16.9 Å². The van der Waals surface area contributed by atoms with Crippen molar-refractivity contribution in [1.82, 2.24) is 0 Å². The molecule has 1 saturated carbocycles. The van der Waals surface area contributed by atoms with E-state index in [1.165, 1.54) is 6.08 Å². The zero-order valence-electron chi connectivity index (χ0n) is 7.27. The molecule has 2 atom stereocenters. The van der Waals surface area contributed by atoms with Crippen molar-refractivity contribution < 1.29 is 18.3 Å². The lowest BCUT2D eigenvalue weighted by Gasteiger charge is -2.35. The number of hydrogen-bond acceptors (Lipinski definition) is 1. The molecule has 1 nitrogen and oxygen atoms in total. The van der Waals surface area contributed by atoms with Crippen LogP contribution in [-0.2, 0) is 0 Å². The van der Waals surface area contributed by atoms with E-state index in [1.54, 1.807) is 0 Å². The minimum absolute atomic E-state index is 0.125. The maximum absolute atomic E-state index is 12.3. The predicted octanol–water partition coefficient (Wildman–Crippen LogP) is 2.66. The Hall–Kier alpha value is -0.510. The van der Waals surface area contributed by atoms with Crippen LogP contribution < -0.4 is 0 Å². The first kappa shape index (κ1) is 10.6. The fraction of sp³-hybridized carbons (Fsp3) is 0.778. The molecule has 1 rings (SSSR count). The minimum Gasteiger partial charge on any atom is -0.386 e. The molecule has 2 unspecified atom stereocenters. The molecule has 1 fully saturated rings. The van der Waals surface area contributed by atoms with Crippen LogP contribution in [0.25, 0.3) is 0 Å². The van der Waals surface area contributed by atoms with Crippen molar-refractivity contribution in [2.45, 2.75) is 37.5 Å². The normalized spacial score (nSPS) is 35.8. The topological polar surface area (TPSA) is 20.2 Å². The standard InChI is InChI=1S/C9H13F3O/c1-2-8(13)5-3-4-7(6-8)9(10,11)12/h2,7,13H,1,3-6H2. The summed E-state index contributed by atoms with van der Waals surface area (Å²) in [6.07, 6.45) is -2.27. The average molecular weight is 194 g/mol. The Labute approximate surface area is 75.3 Å². The molecule has 0 aliphatic heterocycles. The van der Waals surface area contributed by atoms with Gasteiger partial charge in [-0.1, -0.05) is 6.08 Å². The Morgan fingerprint density at radius 3 is 2.54 bits per heavy atom. The van der Waals surface area contributed by atoms with Crippen LogP contribution in [0.1, 0.15) is 25.7 Å². The smallest absolute Gasteiger partial charge is 0.386 e. The highest BCUT2D eigenvalue weighted by Gasteiger charge is 2.45. The van der Waals surface area contributed by atoms with E-state index in [0.29, 0.717) is 12.8 Å². The number of alkyl halides is 3. The second-order valence-electron chi connectivity index (χ2n) is 3.64.